The highest BCUT2D eigenvalue weighted by Gasteiger charge is 2.65. The van der Waals surface area contributed by atoms with Crippen molar-refractivity contribution in [1.29, 1.82) is 0 Å². The number of rotatable bonds is 11. The van der Waals surface area contributed by atoms with Crippen LogP contribution in [-0.4, -0.2) is 60.9 Å². The van der Waals surface area contributed by atoms with Gasteiger partial charge in [0.1, 0.15) is 23.1 Å². The number of fused-ring (bicyclic) bond motifs is 2. The standard InChI is InChI=1S/C30H39FN2O6S/c1-21-6-11-26(39-21)17-32(16-22-7-9-24(31)10-8-22)28(35)19-33(18-25-5-4-14-38-25)40(36,37)20-30-13-12-23(15-27(30)34)29(30,2)3/h6-11,23,25H,4-5,12-20H2,1-3H3. The molecule has 3 aliphatic rings. The summed E-state index contributed by atoms with van der Waals surface area (Å²) in [4.78, 5) is 28.5. The summed E-state index contributed by atoms with van der Waals surface area (Å²) in [6.07, 6.45) is 3.05. The molecular weight excluding hydrogens is 535 g/mol. The van der Waals surface area contributed by atoms with Crippen LogP contribution in [-0.2, 0) is 37.4 Å². The summed E-state index contributed by atoms with van der Waals surface area (Å²) in [7, 11) is -4.00. The number of Topliss-reactive ketones (excluding diaryl/α,β-unsaturated/α-hetero) is 1. The molecule has 2 aliphatic carbocycles. The van der Waals surface area contributed by atoms with Crippen molar-refractivity contribution in [2.24, 2.45) is 16.7 Å². The first-order chi connectivity index (χ1) is 18.9. The normalized spacial score (nSPS) is 25.7. The Bertz CT molecular complexity index is 1350. The van der Waals surface area contributed by atoms with E-state index >= 15 is 0 Å². The summed E-state index contributed by atoms with van der Waals surface area (Å²) in [6.45, 7) is 6.36. The molecular formula is C30H39FN2O6S. The van der Waals surface area contributed by atoms with Crippen molar-refractivity contribution in [3.63, 3.8) is 0 Å². The second-order valence-corrected chi connectivity index (χ2v) is 14.2. The van der Waals surface area contributed by atoms with E-state index < -0.39 is 26.8 Å². The molecule has 3 fully saturated rings. The number of carbonyl (C=O) groups is 2. The minimum atomic E-state index is -4.00. The maximum Gasteiger partial charge on any atom is 0.238 e. The van der Waals surface area contributed by atoms with Crippen LogP contribution in [0.2, 0.25) is 0 Å². The zero-order chi connectivity index (χ0) is 28.7. The number of carbonyl (C=O) groups excluding carboxylic acids is 2. The van der Waals surface area contributed by atoms with Gasteiger partial charge in [-0.05, 0) is 73.8 Å². The molecule has 1 saturated heterocycles. The molecule has 40 heavy (non-hydrogen) atoms. The highest BCUT2D eigenvalue weighted by Crippen LogP contribution is 2.64. The maximum atomic E-state index is 14.1. The molecule has 0 radical (unpaired) electrons. The summed E-state index contributed by atoms with van der Waals surface area (Å²) < 4.78 is 54.4. The fourth-order valence-corrected chi connectivity index (χ4v) is 9.04. The number of furan rings is 1. The van der Waals surface area contributed by atoms with Crippen molar-refractivity contribution in [3.05, 3.63) is 59.3 Å². The summed E-state index contributed by atoms with van der Waals surface area (Å²) in [5.74, 6) is 0.393. The van der Waals surface area contributed by atoms with E-state index in [0.717, 1.165) is 12.8 Å². The van der Waals surface area contributed by atoms with Crippen molar-refractivity contribution in [1.82, 2.24) is 9.21 Å². The van der Waals surface area contributed by atoms with E-state index in [0.29, 0.717) is 43.0 Å². The summed E-state index contributed by atoms with van der Waals surface area (Å²) in [5, 5.41) is 0. The molecule has 2 saturated carbocycles. The SMILES string of the molecule is Cc1ccc(CN(Cc2ccc(F)cc2)C(=O)CN(CC2CCCO2)S(=O)(=O)CC23CCC(CC2=O)C3(C)C)o1. The van der Waals surface area contributed by atoms with Gasteiger partial charge in [-0.25, -0.2) is 12.8 Å². The van der Waals surface area contributed by atoms with Gasteiger partial charge in [-0.3, -0.25) is 9.59 Å². The molecule has 2 aromatic rings. The van der Waals surface area contributed by atoms with Gasteiger partial charge in [0.15, 0.2) is 0 Å². The Morgan fingerprint density at radius 2 is 1.85 bits per heavy atom. The highest BCUT2D eigenvalue weighted by atomic mass is 32.2. The lowest BCUT2D eigenvalue weighted by molar-refractivity contribution is -0.133. The van der Waals surface area contributed by atoms with Gasteiger partial charge < -0.3 is 14.1 Å². The predicted molar refractivity (Wildman–Crippen MR) is 147 cm³/mol. The minimum Gasteiger partial charge on any atom is -0.464 e. The molecule has 5 rings (SSSR count). The van der Waals surface area contributed by atoms with Crippen molar-refractivity contribution in [3.8, 4) is 0 Å². The van der Waals surface area contributed by atoms with Gasteiger partial charge in [-0.2, -0.15) is 4.31 Å². The van der Waals surface area contributed by atoms with E-state index in [1.54, 1.807) is 24.3 Å². The van der Waals surface area contributed by atoms with Crippen LogP contribution in [0.1, 0.15) is 63.0 Å². The molecule has 218 valence electrons. The molecule has 3 unspecified atom stereocenters. The highest BCUT2D eigenvalue weighted by molar-refractivity contribution is 7.89. The van der Waals surface area contributed by atoms with Crippen LogP contribution in [0.25, 0.3) is 0 Å². The Morgan fingerprint density at radius 3 is 2.42 bits per heavy atom. The van der Waals surface area contributed by atoms with E-state index in [9.17, 15) is 22.4 Å². The number of ketones is 1. The quantitative estimate of drug-likeness (QED) is 0.393. The van der Waals surface area contributed by atoms with E-state index in [1.807, 2.05) is 20.8 Å². The Hall–Kier alpha value is -2.56. The van der Waals surface area contributed by atoms with Gasteiger partial charge in [-0.1, -0.05) is 26.0 Å². The topological polar surface area (TPSA) is 97.1 Å². The number of ether oxygens (including phenoxy) is 1. The van der Waals surface area contributed by atoms with Gasteiger partial charge >= 0.3 is 0 Å². The average molecular weight is 575 g/mol. The lowest BCUT2D eigenvalue weighted by Crippen LogP contribution is -2.50. The van der Waals surface area contributed by atoms with Crippen LogP contribution in [0.3, 0.4) is 0 Å². The third-order valence-electron chi connectivity index (χ3n) is 9.49. The molecule has 10 heteroatoms. The maximum absolute atomic E-state index is 14.1. The first-order valence-corrected chi connectivity index (χ1v) is 15.7. The Kier molecular flexibility index (Phi) is 7.98. The molecule has 0 spiro atoms. The zero-order valence-corrected chi connectivity index (χ0v) is 24.3. The molecule has 2 bridgehead atoms. The van der Waals surface area contributed by atoms with Crippen molar-refractivity contribution in [2.45, 2.75) is 72.1 Å². The lowest BCUT2D eigenvalue weighted by Gasteiger charge is -2.38. The molecule has 1 aromatic heterocycles. The minimum absolute atomic E-state index is 0.0202. The Morgan fingerprint density at radius 1 is 1.10 bits per heavy atom. The van der Waals surface area contributed by atoms with Gasteiger partial charge in [0.25, 0.3) is 0 Å². The fourth-order valence-electron chi connectivity index (χ4n) is 6.85. The van der Waals surface area contributed by atoms with Crippen LogP contribution in [0, 0.1) is 29.5 Å². The third kappa shape index (κ3) is 5.63. The second-order valence-electron chi connectivity index (χ2n) is 12.2. The van der Waals surface area contributed by atoms with Gasteiger partial charge in [0, 0.05) is 31.5 Å². The number of halogens is 1. The van der Waals surface area contributed by atoms with Crippen LogP contribution >= 0.6 is 0 Å². The summed E-state index contributed by atoms with van der Waals surface area (Å²) >= 11 is 0. The molecule has 8 nitrogen and oxygen atoms in total. The number of nitrogens with zero attached hydrogens (tertiary/aromatic N) is 2. The van der Waals surface area contributed by atoms with Gasteiger partial charge in [-0.15, -0.1) is 0 Å². The number of benzene rings is 1. The van der Waals surface area contributed by atoms with Gasteiger partial charge in [0.2, 0.25) is 15.9 Å². The first kappa shape index (κ1) is 29.0. The summed E-state index contributed by atoms with van der Waals surface area (Å²) in [5.41, 5.74) is -0.642. The first-order valence-electron chi connectivity index (χ1n) is 14.1. The van der Waals surface area contributed by atoms with Crippen LogP contribution in [0.5, 0.6) is 0 Å². The van der Waals surface area contributed by atoms with Crippen molar-refractivity contribution < 1.29 is 31.6 Å². The second kappa shape index (κ2) is 11.0. The number of amides is 1. The van der Waals surface area contributed by atoms with Gasteiger partial charge in [0.05, 0.1) is 24.9 Å². The predicted octanol–water partition coefficient (Wildman–Crippen LogP) is 4.46. The number of aryl methyl sites for hydroxylation is 1. The molecule has 1 aliphatic heterocycles. The molecule has 3 atom stereocenters. The number of sulfonamides is 1. The Labute approximate surface area is 235 Å². The van der Waals surface area contributed by atoms with E-state index in [4.69, 9.17) is 9.15 Å². The molecule has 1 amide bonds. The van der Waals surface area contributed by atoms with E-state index in [2.05, 4.69) is 0 Å². The molecule has 0 N–H and O–H groups in total. The van der Waals surface area contributed by atoms with E-state index in [-0.39, 0.29) is 55.6 Å². The van der Waals surface area contributed by atoms with Crippen molar-refractivity contribution in [2.75, 3.05) is 25.4 Å². The van der Waals surface area contributed by atoms with Crippen LogP contribution in [0.4, 0.5) is 4.39 Å². The number of hydrogen-bond donors (Lipinski definition) is 0. The van der Waals surface area contributed by atoms with Crippen molar-refractivity contribution >= 4 is 21.7 Å². The monoisotopic (exact) mass is 574 g/mol. The van der Waals surface area contributed by atoms with Crippen LogP contribution < -0.4 is 0 Å². The largest absolute Gasteiger partial charge is 0.464 e. The zero-order valence-electron chi connectivity index (χ0n) is 23.5. The summed E-state index contributed by atoms with van der Waals surface area (Å²) in [6, 6.07) is 9.46. The average Bonchev–Trinajstić information content (AvgIpc) is 3.64. The Balaban J connectivity index is 1.41. The fraction of sp³-hybridized carbons (Fsp3) is 0.600. The lowest BCUT2D eigenvalue weighted by atomic mass is 9.70. The smallest absolute Gasteiger partial charge is 0.238 e. The third-order valence-corrected chi connectivity index (χ3v) is 11.4. The van der Waals surface area contributed by atoms with Crippen LogP contribution in [0.15, 0.2) is 40.8 Å². The van der Waals surface area contributed by atoms with E-state index in [1.165, 1.54) is 21.3 Å². The molecule has 1 aromatic carbocycles. The number of hydrogen-bond acceptors (Lipinski definition) is 6. The molecule has 2 heterocycles.